The van der Waals surface area contributed by atoms with Gasteiger partial charge in [-0.2, -0.15) is 0 Å². The van der Waals surface area contributed by atoms with Gasteiger partial charge in [-0.05, 0) is 0 Å². The summed E-state index contributed by atoms with van der Waals surface area (Å²) in [7, 11) is -1.90. The second-order valence-corrected chi connectivity index (χ2v) is 29.4. The van der Waals surface area contributed by atoms with Crippen LogP contribution in [0.2, 0.25) is 32.7 Å². The van der Waals surface area contributed by atoms with E-state index in [9.17, 15) is 0 Å². The van der Waals surface area contributed by atoms with Crippen LogP contribution in [0.25, 0.3) is 0 Å². The first-order chi connectivity index (χ1) is 6.43. The first kappa shape index (κ1) is 11.9. The topological polar surface area (TPSA) is 0 Å². The second-order valence-electron chi connectivity index (χ2n) is 5.50. The summed E-state index contributed by atoms with van der Waals surface area (Å²) >= 11 is 0. The number of hydrogen-bond acceptors (Lipinski definition) is 0. The van der Waals surface area contributed by atoms with Crippen LogP contribution < -0.4 is 5.19 Å². The van der Waals surface area contributed by atoms with E-state index < -0.39 is 23.7 Å². The zero-order chi connectivity index (χ0) is 10.8. The maximum absolute atomic E-state index is 2.56. The van der Waals surface area contributed by atoms with Crippen LogP contribution in [-0.2, 0) is 0 Å². The lowest BCUT2D eigenvalue weighted by Gasteiger charge is -2.30. The van der Waals surface area contributed by atoms with Crippen molar-refractivity contribution in [2.75, 3.05) is 0 Å². The van der Waals surface area contributed by atoms with Gasteiger partial charge in [0, 0.05) is 15.9 Å². The maximum atomic E-state index is 2.56. The predicted octanol–water partition coefficient (Wildman–Crippen LogP) is 2.10. The monoisotopic (exact) mass is 238 g/mol. The molecule has 0 fully saturated rings. The first-order valence-corrected chi connectivity index (χ1v) is 16.3. The summed E-state index contributed by atoms with van der Waals surface area (Å²) < 4.78 is 0. The zero-order valence-corrected chi connectivity index (χ0v) is 13.4. The smallest absolute Gasteiger partial charge is 0.0556 e. The van der Waals surface area contributed by atoms with E-state index in [1.165, 1.54) is 0 Å². The molecule has 0 bridgehead atoms. The largest absolute Gasteiger partial charge is 0.0742 e. The van der Waals surface area contributed by atoms with Gasteiger partial charge >= 0.3 is 0 Å². The molecule has 0 aliphatic rings. The summed E-state index contributed by atoms with van der Waals surface area (Å²) in [6, 6.07) is 11.3. The quantitative estimate of drug-likeness (QED) is 0.708. The highest BCUT2D eigenvalue weighted by atomic mass is 29.6. The molecule has 0 saturated carbocycles. The van der Waals surface area contributed by atoms with E-state index >= 15 is 0 Å². The van der Waals surface area contributed by atoms with Gasteiger partial charge in [0.05, 0.1) is 7.83 Å². The average Bonchev–Trinajstić information content (AvgIpc) is 2.02. The van der Waals surface area contributed by atoms with E-state index in [2.05, 4.69) is 63.1 Å². The van der Waals surface area contributed by atoms with E-state index in [1.54, 1.807) is 5.19 Å². The molecule has 1 aromatic rings. The molecule has 0 saturated heterocycles. The van der Waals surface area contributed by atoms with Crippen molar-refractivity contribution in [1.82, 2.24) is 0 Å². The van der Waals surface area contributed by atoms with E-state index in [1.807, 2.05) is 0 Å². The van der Waals surface area contributed by atoms with Crippen LogP contribution in [0.1, 0.15) is 0 Å². The Morgan fingerprint density at radius 3 is 1.79 bits per heavy atom. The second kappa shape index (κ2) is 4.59. The van der Waals surface area contributed by atoms with Crippen molar-refractivity contribution in [2.24, 2.45) is 0 Å². The Hall–Kier alpha value is -0.129. The van der Waals surface area contributed by atoms with Crippen LogP contribution in [0.5, 0.6) is 0 Å². The van der Waals surface area contributed by atoms with Gasteiger partial charge < -0.3 is 0 Å². The fourth-order valence-corrected chi connectivity index (χ4v) is 37.5. The van der Waals surface area contributed by atoms with Crippen LogP contribution in [-0.4, -0.2) is 23.7 Å². The summed E-state index contributed by atoms with van der Waals surface area (Å²) in [5.74, 6) is 0. The predicted molar refractivity (Wildman–Crippen MR) is 75.4 cm³/mol. The molecule has 0 aliphatic carbocycles. The Morgan fingerprint density at radius 2 is 1.43 bits per heavy atom. The first-order valence-electron chi connectivity index (χ1n) is 5.48. The molecule has 0 spiro atoms. The van der Waals surface area contributed by atoms with Gasteiger partial charge in [0.15, 0.2) is 0 Å². The van der Waals surface area contributed by atoms with Gasteiger partial charge in [0.2, 0.25) is 0 Å². The van der Waals surface area contributed by atoms with Crippen LogP contribution in [0.15, 0.2) is 30.3 Å². The van der Waals surface area contributed by atoms with Crippen molar-refractivity contribution in [1.29, 1.82) is 0 Å². The normalized spacial score (nSPS) is 14.4. The molecule has 1 aromatic carbocycles. The minimum absolute atomic E-state index is 0.437. The fraction of sp³-hybridized carbons (Fsp3) is 0.455. The molecule has 1 rings (SSSR count). The number of benzene rings is 1. The maximum Gasteiger partial charge on any atom is 0.0556 e. The Balaban J connectivity index is 3.02. The third kappa shape index (κ3) is 2.93. The summed E-state index contributed by atoms with van der Waals surface area (Å²) in [6.07, 6.45) is 0. The van der Waals surface area contributed by atoms with Crippen molar-refractivity contribution in [2.45, 2.75) is 32.7 Å². The number of hydrogen-bond donors (Lipinski definition) is 0. The highest BCUT2D eigenvalue weighted by Gasteiger charge is 2.32. The van der Waals surface area contributed by atoms with Gasteiger partial charge in [0.1, 0.15) is 0 Å². The number of rotatable bonds is 3. The highest BCUT2D eigenvalue weighted by molar-refractivity contribution is 7.59. The summed E-state index contributed by atoms with van der Waals surface area (Å²) in [5.41, 5.74) is 0. The van der Waals surface area contributed by atoms with E-state index in [-0.39, 0.29) is 0 Å². The Labute approximate surface area is 92.2 Å². The van der Waals surface area contributed by atoms with Gasteiger partial charge in [-0.1, -0.05) is 68.3 Å². The molecular formula is C11H22Si3. The molecule has 0 N–H and O–H groups in total. The Bertz CT molecular complexity index is 274. The third-order valence-corrected chi connectivity index (χ3v) is 33.8. The van der Waals surface area contributed by atoms with Crippen molar-refractivity contribution < 1.29 is 0 Å². The average molecular weight is 239 g/mol. The molecule has 1 unspecified atom stereocenters. The van der Waals surface area contributed by atoms with Crippen molar-refractivity contribution in [3.8, 4) is 0 Å². The lowest BCUT2D eigenvalue weighted by Crippen LogP contribution is -2.59. The third-order valence-electron chi connectivity index (χ3n) is 2.76. The summed E-state index contributed by atoms with van der Waals surface area (Å²) in [4.78, 5) is 0. The van der Waals surface area contributed by atoms with E-state index in [4.69, 9.17) is 0 Å². The van der Waals surface area contributed by atoms with Gasteiger partial charge in [-0.15, -0.1) is 0 Å². The molecule has 14 heavy (non-hydrogen) atoms. The van der Waals surface area contributed by atoms with Crippen LogP contribution in [0, 0.1) is 0 Å². The molecule has 0 nitrogen and oxygen atoms in total. The van der Waals surface area contributed by atoms with Crippen LogP contribution in [0.3, 0.4) is 0 Å². The molecule has 0 radical (unpaired) electrons. The molecule has 3 heteroatoms. The molecule has 0 heterocycles. The fourth-order valence-electron chi connectivity index (χ4n) is 2.55. The minimum atomic E-state index is -0.890. The SMILES string of the molecule is C[SiH](C)[SiH](c1ccccc1)[Si](C)(C)C. The molecule has 0 aromatic heterocycles. The molecule has 78 valence electrons. The molecule has 1 atom stereocenters. The van der Waals surface area contributed by atoms with Gasteiger partial charge in [0.25, 0.3) is 0 Å². The van der Waals surface area contributed by atoms with Crippen LogP contribution >= 0.6 is 0 Å². The lowest BCUT2D eigenvalue weighted by atomic mass is 10.4. The lowest BCUT2D eigenvalue weighted by molar-refractivity contribution is 1.75. The van der Waals surface area contributed by atoms with Crippen molar-refractivity contribution in [3.05, 3.63) is 30.3 Å². The minimum Gasteiger partial charge on any atom is -0.0742 e. The van der Waals surface area contributed by atoms with E-state index in [0.29, 0.717) is 0 Å². The van der Waals surface area contributed by atoms with Crippen molar-refractivity contribution >= 4 is 28.9 Å². The van der Waals surface area contributed by atoms with Gasteiger partial charge in [-0.25, -0.2) is 0 Å². The Kier molecular flexibility index (Phi) is 3.92. The van der Waals surface area contributed by atoms with Crippen molar-refractivity contribution in [3.63, 3.8) is 0 Å². The highest BCUT2D eigenvalue weighted by Crippen LogP contribution is 2.09. The zero-order valence-electron chi connectivity index (χ0n) is 10.0. The van der Waals surface area contributed by atoms with Crippen LogP contribution in [0.4, 0.5) is 0 Å². The molecule has 0 aliphatic heterocycles. The Morgan fingerprint density at radius 1 is 0.929 bits per heavy atom. The molecule has 0 amide bonds. The summed E-state index contributed by atoms with van der Waals surface area (Å²) in [6.45, 7) is 12.8. The molecular weight excluding hydrogens is 216 g/mol. The van der Waals surface area contributed by atoms with E-state index in [0.717, 1.165) is 0 Å². The summed E-state index contributed by atoms with van der Waals surface area (Å²) in [5, 5.41) is 1.73. The standard InChI is InChI=1S/C11H22Si3/c1-12(2)13(14(3,4)5)11-9-7-6-8-10-11/h6-10,12-13H,1-5H3. The van der Waals surface area contributed by atoms with Gasteiger partial charge in [-0.3, -0.25) is 0 Å².